The maximum Gasteiger partial charge on any atom is 0.191 e. The van der Waals surface area contributed by atoms with Gasteiger partial charge in [-0.3, -0.25) is 9.89 Å². The normalized spacial score (nSPS) is 17.0. The van der Waals surface area contributed by atoms with E-state index in [9.17, 15) is 0 Å². The molecular weight excluding hydrogens is 398 g/mol. The first-order chi connectivity index (χ1) is 15.6. The number of hydrogen-bond acceptors (Lipinski definition) is 4. The van der Waals surface area contributed by atoms with E-state index < -0.39 is 0 Å². The van der Waals surface area contributed by atoms with Crippen molar-refractivity contribution in [3.8, 4) is 0 Å². The Bertz CT molecular complexity index is 612. The number of ether oxygens (including phenoxy) is 1. The fourth-order valence-corrected chi connectivity index (χ4v) is 4.27. The number of nitrogens with one attached hydrogen (secondary N) is 2. The van der Waals surface area contributed by atoms with Crippen LogP contribution >= 0.6 is 0 Å². The Kier molecular flexibility index (Phi) is 13.4. The average molecular weight is 446 g/mol. The molecule has 32 heavy (non-hydrogen) atoms. The fraction of sp³-hybridized carbons (Fsp3) is 0.731. The number of nitrogens with zero attached hydrogens (tertiary/aromatic N) is 3. The second-order valence-corrected chi connectivity index (χ2v) is 8.90. The summed E-state index contributed by atoms with van der Waals surface area (Å²) in [5, 5.41) is 6.95. The van der Waals surface area contributed by atoms with E-state index in [0.717, 1.165) is 77.5 Å². The third-order valence-corrected chi connectivity index (χ3v) is 6.36. The zero-order valence-electron chi connectivity index (χ0n) is 21.0. The fourth-order valence-electron chi connectivity index (χ4n) is 4.27. The molecule has 6 nitrogen and oxygen atoms in total. The summed E-state index contributed by atoms with van der Waals surface area (Å²) in [6, 6.07) is 11.2. The molecule has 1 aliphatic heterocycles. The van der Waals surface area contributed by atoms with Crippen molar-refractivity contribution in [2.24, 2.45) is 4.99 Å². The number of aliphatic imine (C=N–C) groups is 1. The van der Waals surface area contributed by atoms with Crippen molar-refractivity contribution in [2.75, 3.05) is 52.9 Å². The van der Waals surface area contributed by atoms with Crippen molar-refractivity contribution in [3.63, 3.8) is 0 Å². The van der Waals surface area contributed by atoms with Crippen LogP contribution in [0.15, 0.2) is 35.3 Å². The minimum Gasteiger partial charge on any atom is -0.378 e. The first-order valence-corrected chi connectivity index (χ1v) is 12.7. The van der Waals surface area contributed by atoms with Crippen LogP contribution in [0.25, 0.3) is 0 Å². The number of benzene rings is 1. The molecule has 1 aromatic carbocycles. The van der Waals surface area contributed by atoms with Crippen LogP contribution in [0.1, 0.15) is 58.4 Å². The topological polar surface area (TPSA) is 52.1 Å². The highest BCUT2D eigenvalue weighted by molar-refractivity contribution is 5.79. The van der Waals surface area contributed by atoms with E-state index in [1.54, 1.807) is 0 Å². The Balaban J connectivity index is 1.50. The smallest absolute Gasteiger partial charge is 0.191 e. The van der Waals surface area contributed by atoms with Gasteiger partial charge in [0.2, 0.25) is 0 Å². The minimum atomic E-state index is 0.408. The lowest BCUT2D eigenvalue weighted by Crippen LogP contribution is -2.43. The number of guanidine groups is 1. The van der Waals surface area contributed by atoms with Gasteiger partial charge in [0.15, 0.2) is 5.96 Å². The molecular formula is C26H47N5O. The lowest BCUT2D eigenvalue weighted by molar-refractivity contribution is 0.00534. The number of hydrogen-bond donors (Lipinski definition) is 2. The molecule has 2 N–H and O–H groups in total. The lowest BCUT2D eigenvalue weighted by atomic mass is 10.1. The number of rotatable bonds is 14. The second kappa shape index (κ2) is 16.1. The predicted octanol–water partition coefficient (Wildman–Crippen LogP) is 3.73. The zero-order chi connectivity index (χ0) is 23.0. The quantitative estimate of drug-likeness (QED) is 0.260. The molecule has 1 atom stereocenters. The van der Waals surface area contributed by atoms with Crippen molar-refractivity contribution >= 4 is 5.96 Å². The third kappa shape index (κ3) is 10.8. The van der Waals surface area contributed by atoms with Crippen molar-refractivity contribution in [1.82, 2.24) is 20.4 Å². The van der Waals surface area contributed by atoms with Gasteiger partial charge in [-0.1, -0.05) is 44.2 Å². The Morgan fingerprint density at radius 2 is 1.88 bits per heavy atom. The van der Waals surface area contributed by atoms with Crippen LogP contribution < -0.4 is 10.6 Å². The SMILES string of the molecule is CCN(CC)CCCC(C)NC(=NC)NCCCOC1CCN(Cc2ccccc2)CC1. The molecule has 0 radical (unpaired) electrons. The van der Waals surface area contributed by atoms with Crippen LogP contribution in [0.4, 0.5) is 0 Å². The van der Waals surface area contributed by atoms with Crippen LogP contribution in [0.5, 0.6) is 0 Å². The van der Waals surface area contributed by atoms with E-state index in [0.29, 0.717) is 12.1 Å². The van der Waals surface area contributed by atoms with Crippen molar-refractivity contribution < 1.29 is 4.74 Å². The Labute approximate surface area is 196 Å². The molecule has 0 aliphatic carbocycles. The predicted molar refractivity (Wildman–Crippen MR) is 136 cm³/mol. The maximum atomic E-state index is 6.14. The standard InChI is InChI=1S/C26H47N5O/c1-5-30(6-2)18-10-12-23(3)29-26(27-4)28-17-11-21-32-25-15-19-31(20-16-25)22-24-13-8-7-9-14-24/h7-9,13-14,23,25H,5-6,10-12,15-22H2,1-4H3,(H2,27,28,29). The van der Waals surface area contributed by atoms with E-state index in [1.165, 1.54) is 18.5 Å². The molecule has 1 unspecified atom stereocenters. The molecule has 0 amide bonds. The summed E-state index contributed by atoms with van der Waals surface area (Å²) in [6.45, 7) is 15.2. The average Bonchev–Trinajstić information content (AvgIpc) is 2.82. The summed E-state index contributed by atoms with van der Waals surface area (Å²) in [7, 11) is 1.84. The van der Waals surface area contributed by atoms with Gasteiger partial charge in [0.1, 0.15) is 0 Å². The second-order valence-electron chi connectivity index (χ2n) is 8.90. The summed E-state index contributed by atoms with van der Waals surface area (Å²) >= 11 is 0. The molecule has 1 aliphatic rings. The molecule has 1 heterocycles. The summed E-state index contributed by atoms with van der Waals surface area (Å²) in [5.74, 6) is 0.898. The minimum absolute atomic E-state index is 0.408. The van der Waals surface area contributed by atoms with Crippen LogP contribution in [-0.2, 0) is 11.3 Å². The van der Waals surface area contributed by atoms with Crippen LogP contribution in [0.2, 0.25) is 0 Å². The zero-order valence-corrected chi connectivity index (χ0v) is 21.0. The summed E-state index contributed by atoms with van der Waals surface area (Å²) in [6.07, 6.45) is 6.04. The van der Waals surface area contributed by atoms with E-state index in [4.69, 9.17) is 4.74 Å². The van der Waals surface area contributed by atoms with Crippen molar-refractivity contribution in [3.05, 3.63) is 35.9 Å². The van der Waals surface area contributed by atoms with Crippen LogP contribution in [0, 0.1) is 0 Å². The van der Waals surface area contributed by atoms with Gasteiger partial charge in [0.25, 0.3) is 0 Å². The molecule has 6 heteroatoms. The summed E-state index contributed by atoms with van der Waals surface area (Å²) in [5.41, 5.74) is 1.40. The van der Waals surface area contributed by atoms with Crippen LogP contribution in [0.3, 0.4) is 0 Å². The number of piperidine rings is 1. The van der Waals surface area contributed by atoms with E-state index in [-0.39, 0.29) is 0 Å². The third-order valence-electron chi connectivity index (χ3n) is 6.36. The Hall–Kier alpha value is -1.63. The maximum absolute atomic E-state index is 6.14. The van der Waals surface area contributed by atoms with Crippen molar-refractivity contribution in [2.45, 2.75) is 71.6 Å². The van der Waals surface area contributed by atoms with Gasteiger partial charge >= 0.3 is 0 Å². The van der Waals surface area contributed by atoms with Gasteiger partial charge in [0.05, 0.1) is 6.10 Å². The van der Waals surface area contributed by atoms with E-state index in [1.807, 2.05) is 7.05 Å². The van der Waals surface area contributed by atoms with Gasteiger partial charge in [-0.25, -0.2) is 0 Å². The van der Waals surface area contributed by atoms with Gasteiger partial charge in [-0.15, -0.1) is 0 Å². The largest absolute Gasteiger partial charge is 0.378 e. The molecule has 182 valence electrons. The molecule has 0 spiro atoms. The van der Waals surface area contributed by atoms with Gasteiger partial charge < -0.3 is 20.3 Å². The van der Waals surface area contributed by atoms with Gasteiger partial charge in [-0.05, 0) is 64.2 Å². The molecule has 1 saturated heterocycles. The van der Waals surface area contributed by atoms with Crippen molar-refractivity contribution in [1.29, 1.82) is 0 Å². The number of likely N-dealkylation sites (tertiary alicyclic amines) is 1. The van der Waals surface area contributed by atoms with E-state index in [2.05, 4.69) is 76.5 Å². The van der Waals surface area contributed by atoms with E-state index >= 15 is 0 Å². The molecule has 0 saturated carbocycles. The Morgan fingerprint density at radius 3 is 2.53 bits per heavy atom. The van der Waals surface area contributed by atoms with Crippen LogP contribution in [-0.4, -0.2) is 80.8 Å². The lowest BCUT2D eigenvalue weighted by Gasteiger charge is -2.32. The highest BCUT2D eigenvalue weighted by atomic mass is 16.5. The monoisotopic (exact) mass is 445 g/mol. The molecule has 0 aromatic heterocycles. The summed E-state index contributed by atoms with van der Waals surface area (Å²) in [4.78, 5) is 9.39. The van der Waals surface area contributed by atoms with Gasteiger partial charge in [0, 0.05) is 45.9 Å². The molecule has 0 bridgehead atoms. The molecule has 2 rings (SSSR count). The highest BCUT2D eigenvalue weighted by Crippen LogP contribution is 2.16. The molecule has 1 fully saturated rings. The first kappa shape index (κ1) is 26.6. The summed E-state index contributed by atoms with van der Waals surface area (Å²) < 4.78 is 6.14. The van der Waals surface area contributed by atoms with Gasteiger partial charge in [-0.2, -0.15) is 0 Å². The highest BCUT2D eigenvalue weighted by Gasteiger charge is 2.19. The first-order valence-electron chi connectivity index (χ1n) is 12.7. The Morgan fingerprint density at radius 1 is 1.16 bits per heavy atom. The molecule has 1 aromatic rings.